The highest BCUT2D eigenvalue weighted by molar-refractivity contribution is 6.25. The second-order valence-corrected chi connectivity index (χ2v) is 11.4. The SMILES string of the molecule is C=C/C(=C\C=C(/C)n1c2ccccc2c2ccccc21)c1cccc(-c2ccc3c4ccccc4c4ccccc4c3c2)c1. The van der Waals surface area contributed by atoms with Gasteiger partial charge in [-0.3, -0.25) is 0 Å². The summed E-state index contributed by atoms with van der Waals surface area (Å²) in [7, 11) is 0. The van der Waals surface area contributed by atoms with Crippen LogP contribution in [0.4, 0.5) is 0 Å². The lowest BCUT2D eigenvalue weighted by Crippen LogP contribution is -1.92. The zero-order valence-corrected chi connectivity index (χ0v) is 24.7. The average Bonchev–Trinajstić information content (AvgIpc) is 3.43. The molecule has 0 spiro atoms. The molecule has 0 aliphatic carbocycles. The molecular weight excluding hydrogens is 530 g/mol. The molecule has 44 heavy (non-hydrogen) atoms. The first-order valence-electron chi connectivity index (χ1n) is 15.1. The Kier molecular flexibility index (Phi) is 6.24. The van der Waals surface area contributed by atoms with Gasteiger partial charge >= 0.3 is 0 Å². The van der Waals surface area contributed by atoms with E-state index in [2.05, 4.69) is 170 Å². The van der Waals surface area contributed by atoms with Crippen molar-refractivity contribution < 1.29 is 0 Å². The van der Waals surface area contributed by atoms with Crippen LogP contribution in [0, 0.1) is 0 Å². The summed E-state index contributed by atoms with van der Waals surface area (Å²) in [6.45, 7) is 6.36. The number of hydrogen-bond acceptors (Lipinski definition) is 0. The summed E-state index contributed by atoms with van der Waals surface area (Å²) in [5, 5.41) is 10.3. The van der Waals surface area contributed by atoms with Crippen LogP contribution >= 0.6 is 0 Å². The van der Waals surface area contributed by atoms with E-state index in [-0.39, 0.29) is 0 Å². The van der Waals surface area contributed by atoms with Crippen LogP contribution in [-0.2, 0) is 0 Å². The van der Waals surface area contributed by atoms with E-state index < -0.39 is 0 Å². The van der Waals surface area contributed by atoms with Gasteiger partial charge in [0.2, 0.25) is 0 Å². The molecule has 8 rings (SSSR count). The Balaban J connectivity index is 1.22. The van der Waals surface area contributed by atoms with Crippen molar-refractivity contribution >= 4 is 65.4 Å². The van der Waals surface area contributed by atoms with E-state index in [1.807, 2.05) is 6.08 Å². The lowest BCUT2D eigenvalue weighted by molar-refractivity contribution is 1.20. The molecule has 0 aliphatic rings. The maximum absolute atomic E-state index is 4.18. The molecule has 0 atom stereocenters. The van der Waals surface area contributed by atoms with Crippen molar-refractivity contribution in [3.05, 3.63) is 170 Å². The van der Waals surface area contributed by atoms with E-state index in [9.17, 15) is 0 Å². The van der Waals surface area contributed by atoms with Crippen molar-refractivity contribution in [1.29, 1.82) is 0 Å². The Hall–Kier alpha value is -5.66. The van der Waals surface area contributed by atoms with Crippen molar-refractivity contribution in [3.63, 3.8) is 0 Å². The van der Waals surface area contributed by atoms with Crippen molar-refractivity contribution in [2.45, 2.75) is 6.92 Å². The number of aromatic nitrogens is 1. The van der Waals surface area contributed by atoms with Crippen LogP contribution < -0.4 is 0 Å². The maximum atomic E-state index is 4.18. The minimum absolute atomic E-state index is 1.09. The minimum atomic E-state index is 1.09. The Morgan fingerprint density at radius 2 is 0.977 bits per heavy atom. The largest absolute Gasteiger partial charge is 0.313 e. The third kappa shape index (κ3) is 4.17. The summed E-state index contributed by atoms with van der Waals surface area (Å²) in [5.74, 6) is 0. The monoisotopic (exact) mass is 561 g/mol. The molecule has 0 radical (unpaired) electrons. The Bertz CT molecular complexity index is 2380. The number of nitrogens with zero attached hydrogens (tertiary/aromatic N) is 1. The summed E-state index contributed by atoms with van der Waals surface area (Å²) in [6, 6.07) is 50.4. The van der Waals surface area contributed by atoms with Crippen molar-refractivity contribution in [2.75, 3.05) is 0 Å². The van der Waals surface area contributed by atoms with Gasteiger partial charge in [-0.1, -0.05) is 134 Å². The van der Waals surface area contributed by atoms with Crippen LogP contribution in [0.25, 0.3) is 76.5 Å². The van der Waals surface area contributed by atoms with Crippen LogP contribution in [0.5, 0.6) is 0 Å². The standard InChI is InChI=1S/C43H31N/c1-3-30(24-23-29(2)44-42-21-10-8-19-39(42)40-20-9-11-22-43(40)44)31-13-12-14-32(27-31)33-25-26-38-36-17-5-4-15-34(36)35-16-6-7-18-37(35)41(38)28-33/h3-28H,1H2,2H3/b29-23+,30-24+. The minimum Gasteiger partial charge on any atom is -0.313 e. The Labute approximate surface area is 257 Å². The number of fused-ring (bicyclic) bond motifs is 9. The van der Waals surface area contributed by atoms with E-state index >= 15 is 0 Å². The zero-order chi connectivity index (χ0) is 29.6. The van der Waals surface area contributed by atoms with Gasteiger partial charge in [0, 0.05) is 16.5 Å². The topological polar surface area (TPSA) is 4.93 Å². The van der Waals surface area contributed by atoms with Crippen LogP contribution in [0.2, 0.25) is 0 Å². The number of benzene rings is 7. The fraction of sp³-hybridized carbons (Fsp3) is 0.0233. The van der Waals surface area contributed by atoms with Gasteiger partial charge in [-0.2, -0.15) is 0 Å². The van der Waals surface area contributed by atoms with Crippen molar-refractivity contribution in [3.8, 4) is 11.1 Å². The second kappa shape index (κ2) is 10.6. The first-order valence-corrected chi connectivity index (χ1v) is 15.1. The fourth-order valence-electron chi connectivity index (χ4n) is 6.84. The van der Waals surface area contributed by atoms with Gasteiger partial charge in [0.05, 0.1) is 11.0 Å². The molecular formula is C43H31N. The predicted molar refractivity (Wildman–Crippen MR) is 192 cm³/mol. The summed E-state index contributed by atoms with van der Waals surface area (Å²) in [4.78, 5) is 0. The summed E-state index contributed by atoms with van der Waals surface area (Å²) >= 11 is 0. The molecule has 0 fully saturated rings. The number of para-hydroxylation sites is 2. The molecule has 0 bridgehead atoms. The predicted octanol–water partition coefficient (Wildman–Crippen LogP) is 12.1. The van der Waals surface area contributed by atoms with E-state index in [1.54, 1.807) is 0 Å². The third-order valence-electron chi connectivity index (χ3n) is 8.93. The van der Waals surface area contributed by atoms with Gasteiger partial charge < -0.3 is 4.57 Å². The van der Waals surface area contributed by atoms with E-state index in [0.717, 1.165) is 16.8 Å². The first-order chi connectivity index (χ1) is 21.7. The van der Waals surface area contributed by atoms with Crippen molar-refractivity contribution in [1.82, 2.24) is 4.57 Å². The van der Waals surface area contributed by atoms with Gasteiger partial charge in [-0.05, 0) is 91.8 Å². The molecule has 0 amide bonds. The zero-order valence-electron chi connectivity index (χ0n) is 24.7. The molecule has 0 N–H and O–H groups in total. The molecule has 8 aromatic rings. The molecule has 0 saturated heterocycles. The molecule has 208 valence electrons. The number of hydrogen-bond donors (Lipinski definition) is 0. The molecule has 0 aliphatic heterocycles. The molecule has 1 heterocycles. The summed E-state index contributed by atoms with van der Waals surface area (Å²) in [5.41, 5.74) is 8.23. The van der Waals surface area contributed by atoms with Crippen LogP contribution in [0.3, 0.4) is 0 Å². The smallest absolute Gasteiger partial charge is 0.0537 e. The lowest BCUT2D eigenvalue weighted by atomic mass is 9.91. The quantitative estimate of drug-likeness (QED) is 0.145. The fourth-order valence-corrected chi connectivity index (χ4v) is 6.84. The molecule has 0 saturated carbocycles. The highest BCUT2D eigenvalue weighted by Gasteiger charge is 2.12. The average molecular weight is 562 g/mol. The van der Waals surface area contributed by atoms with Gasteiger partial charge in [0.15, 0.2) is 0 Å². The van der Waals surface area contributed by atoms with Gasteiger partial charge in [0.1, 0.15) is 0 Å². The number of rotatable bonds is 5. The van der Waals surface area contributed by atoms with Crippen LogP contribution in [0.15, 0.2) is 164 Å². The van der Waals surface area contributed by atoms with Crippen LogP contribution in [-0.4, -0.2) is 4.57 Å². The van der Waals surface area contributed by atoms with E-state index in [4.69, 9.17) is 0 Å². The normalized spacial score (nSPS) is 12.6. The first kappa shape index (κ1) is 26.0. The van der Waals surface area contributed by atoms with E-state index in [1.165, 1.54) is 65.3 Å². The van der Waals surface area contributed by atoms with Gasteiger partial charge in [0.25, 0.3) is 0 Å². The van der Waals surface area contributed by atoms with Gasteiger partial charge in [-0.15, -0.1) is 0 Å². The number of allylic oxidation sites excluding steroid dienone is 5. The lowest BCUT2D eigenvalue weighted by Gasteiger charge is -2.13. The Morgan fingerprint density at radius 1 is 0.477 bits per heavy atom. The van der Waals surface area contributed by atoms with Crippen molar-refractivity contribution in [2.24, 2.45) is 0 Å². The highest BCUT2D eigenvalue weighted by atomic mass is 15.0. The van der Waals surface area contributed by atoms with Gasteiger partial charge in [-0.25, -0.2) is 0 Å². The maximum Gasteiger partial charge on any atom is 0.0537 e. The summed E-state index contributed by atoms with van der Waals surface area (Å²) < 4.78 is 2.35. The molecule has 7 aromatic carbocycles. The van der Waals surface area contributed by atoms with E-state index in [0.29, 0.717) is 0 Å². The Morgan fingerprint density at radius 3 is 1.57 bits per heavy atom. The molecule has 1 heteroatoms. The molecule has 0 unspecified atom stereocenters. The highest BCUT2D eigenvalue weighted by Crippen LogP contribution is 2.37. The molecule has 1 nitrogen and oxygen atoms in total. The third-order valence-corrected chi connectivity index (χ3v) is 8.93. The van der Waals surface area contributed by atoms with Crippen LogP contribution in [0.1, 0.15) is 12.5 Å². The second-order valence-electron chi connectivity index (χ2n) is 11.4. The molecule has 1 aromatic heterocycles. The summed E-state index contributed by atoms with van der Waals surface area (Å²) in [6.07, 6.45) is 6.34.